The van der Waals surface area contributed by atoms with E-state index in [1.807, 2.05) is 12.1 Å². The summed E-state index contributed by atoms with van der Waals surface area (Å²) in [4.78, 5) is 0. The standard InChI is InChI=1S/C14H23N3O4/c1-20-9-11(5-6-18)16-8-10-3-4-12(14(15)17-19)13(7-10)21-2/h3-4,7,11,16,18-19H,5-6,8-9H2,1-2H3,(H2,15,17). The van der Waals surface area contributed by atoms with E-state index < -0.39 is 0 Å². The molecule has 0 aromatic heterocycles. The second-order valence-corrected chi connectivity index (χ2v) is 4.57. The zero-order valence-corrected chi connectivity index (χ0v) is 12.4. The molecule has 0 amide bonds. The highest BCUT2D eigenvalue weighted by Gasteiger charge is 2.11. The van der Waals surface area contributed by atoms with E-state index in [4.69, 9.17) is 25.5 Å². The van der Waals surface area contributed by atoms with Crippen LogP contribution in [0, 0.1) is 0 Å². The van der Waals surface area contributed by atoms with E-state index in [-0.39, 0.29) is 18.5 Å². The fourth-order valence-electron chi connectivity index (χ4n) is 1.97. The molecule has 1 aromatic rings. The van der Waals surface area contributed by atoms with Gasteiger partial charge in [-0.1, -0.05) is 11.2 Å². The molecule has 0 aliphatic rings. The molecular formula is C14H23N3O4. The lowest BCUT2D eigenvalue weighted by Crippen LogP contribution is -2.33. The first kappa shape index (κ1) is 17.2. The maximum absolute atomic E-state index is 9.00. The lowest BCUT2D eigenvalue weighted by atomic mass is 10.1. The summed E-state index contributed by atoms with van der Waals surface area (Å²) in [5, 5.41) is 24.0. The molecule has 118 valence electrons. The molecule has 0 spiro atoms. The second kappa shape index (κ2) is 9.17. The fourth-order valence-corrected chi connectivity index (χ4v) is 1.97. The molecule has 1 rings (SSSR count). The van der Waals surface area contributed by atoms with E-state index in [2.05, 4.69) is 10.5 Å². The van der Waals surface area contributed by atoms with Crippen molar-refractivity contribution in [2.24, 2.45) is 10.9 Å². The number of hydrogen-bond donors (Lipinski definition) is 4. The third kappa shape index (κ3) is 5.22. The van der Waals surface area contributed by atoms with Crippen molar-refractivity contribution >= 4 is 5.84 Å². The number of ether oxygens (including phenoxy) is 2. The number of nitrogens with two attached hydrogens (primary N) is 1. The molecule has 0 aliphatic heterocycles. The Kier molecular flexibility index (Phi) is 7.52. The highest BCUT2D eigenvalue weighted by molar-refractivity contribution is 5.99. The topological polar surface area (TPSA) is 109 Å². The first-order valence-electron chi connectivity index (χ1n) is 6.64. The lowest BCUT2D eigenvalue weighted by Gasteiger charge is -2.17. The SMILES string of the molecule is COCC(CCO)NCc1ccc(/C(N)=N/O)c(OC)c1. The molecule has 0 fully saturated rings. The van der Waals surface area contributed by atoms with Crippen LogP contribution < -0.4 is 15.8 Å². The van der Waals surface area contributed by atoms with Crippen molar-refractivity contribution in [3.63, 3.8) is 0 Å². The first-order valence-corrected chi connectivity index (χ1v) is 6.64. The van der Waals surface area contributed by atoms with E-state index in [9.17, 15) is 0 Å². The number of amidine groups is 1. The van der Waals surface area contributed by atoms with Gasteiger partial charge in [0.2, 0.25) is 0 Å². The summed E-state index contributed by atoms with van der Waals surface area (Å²) in [5.74, 6) is 0.541. The molecule has 0 bridgehead atoms. The third-order valence-electron chi connectivity index (χ3n) is 3.09. The van der Waals surface area contributed by atoms with Crippen LogP contribution in [0.3, 0.4) is 0 Å². The Hall–Kier alpha value is -1.83. The van der Waals surface area contributed by atoms with Crippen molar-refractivity contribution in [1.29, 1.82) is 0 Å². The van der Waals surface area contributed by atoms with Crippen molar-refractivity contribution in [3.05, 3.63) is 29.3 Å². The van der Waals surface area contributed by atoms with Crippen LogP contribution in [0.5, 0.6) is 5.75 Å². The zero-order valence-electron chi connectivity index (χ0n) is 12.4. The molecular weight excluding hydrogens is 274 g/mol. The number of hydrogen-bond acceptors (Lipinski definition) is 6. The van der Waals surface area contributed by atoms with Gasteiger partial charge < -0.3 is 30.8 Å². The van der Waals surface area contributed by atoms with E-state index in [0.717, 1.165) is 5.56 Å². The van der Waals surface area contributed by atoms with Gasteiger partial charge >= 0.3 is 0 Å². The molecule has 1 aromatic carbocycles. The van der Waals surface area contributed by atoms with E-state index in [0.29, 0.717) is 30.9 Å². The number of methoxy groups -OCH3 is 2. The van der Waals surface area contributed by atoms with Gasteiger partial charge in [-0.15, -0.1) is 0 Å². The van der Waals surface area contributed by atoms with Crippen LogP contribution in [0.4, 0.5) is 0 Å². The van der Waals surface area contributed by atoms with Crippen LogP contribution in [0.2, 0.25) is 0 Å². The highest BCUT2D eigenvalue weighted by Crippen LogP contribution is 2.20. The molecule has 1 atom stereocenters. The van der Waals surface area contributed by atoms with Gasteiger partial charge in [0.15, 0.2) is 5.84 Å². The number of rotatable bonds is 9. The first-order chi connectivity index (χ1) is 10.2. The summed E-state index contributed by atoms with van der Waals surface area (Å²) in [7, 11) is 3.15. The summed E-state index contributed by atoms with van der Waals surface area (Å²) < 4.78 is 10.3. The average Bonchev–Trinajstić information content (AvgIpc) is 2.52. The molecule has 5 N–H and O–H groups in total. The summed E-state index contributed by atoms with van der Waals surface area (Å²) in [6.07, 6.45) is 0.618. The minimum Gasteiger partial charge on any atom is -0.496 e. The number of aliphatic hydroxyl groups is 1. The number of nitrogens with one attached hydrogen (secondary N) is 1. The minimum atomic E-state index is 0.00361. The van der Waals surface area contributed by atoms with Gasteiger partial charge in [0, 0.05) is 26.3 Å². The van der Waals surface area contributed by atoms with Gasteiger partial charge in [0.05, 0.1) is 19.3 Å². The number of nitrogens with zero attached hydrogens (tertiary/aromatic N) is 1. The van der Waals surface area contributed by atoms with Gasteiger partial charge in [-0.25, -0.2) is 0 Å². The average molecular weight is 297 g/mol. The maximum atomic E-state index is 9.00. The number of oxime groups is 1. The Balaban J connectivity index is 2.76. The molecule has 0 saturated carbocycles. The van der Waals surface area contributed by atoms with Crippen molar-refractivity contribution < 1.29 is 19.8 Å². The van der Waals surface area contributed by atoms with E-state index in [1.165, 1.54) is 7.11 Å². The zero-order chi connectivity index (χ0) is 15.7. The van der Waals surface area contributed by atoms with Crippen molar-refractivity contribution in [1.82, 2.24) is 5.32 Å². The molecule has 0 aliphatic carbocycles. The maximum Gasteiger partial charge on any atom is 0.173 e. The smallest absolute Gasteiger partial charge is 0.173 e. The molecule has 0 heterocycles. The predicted molar refractivity (Wildman–Crippen MR) is 79.7 cm³/mol. The van der Waals surface area contributed by atoms with Crippen LogP contribution in [0.1, 0.15) is 17.5 Å². The predicted octanol–water partition coefficient (Wildman–Crippen LogP) is 0.277. The van der Waals surface area contributed by atoms with Crippen molar-refractivity contribution in [2.75, 3.05) is 27.4 Å². The highest BCUT2D eigenvalue weighted by atomic mass is 16.5. The van der Waals surface area contributed by atoms with Crippen LogP contribution >= 0.6 is 0 Å². The van der Waals surface area contributed by atoms with Crippen LogP contribution in [0.25, 0.3) is 0 Å². The number of aliphatic hydroxyl groups excluding tert-OH is 1. The molecule has 7 heteroatoms. The normalized spacial score (nSPS) is 13.2. The van der Waals surface area contributed by atoms with Gasteiger partial charge in [0.25, 0.3) is 0 Å². The van der Waals surface area contributed by atoms with Crippen molar-refractivity contribution in [3.8, 4) is 5.75 Å². The summed E-state index contributed by atoms with van der Waals surface area (Å²) in [5.41, 5.74) is 7.10. The largest absolute Gasteiger partial charge is 0.496 e. The van der Waals surface area contributed by atoms with Gasteiger partial charge in [-0.05, 0) is 24.1 Å². The Bertz CT molecular complexity index is 460. The number of benzene rings is 1. The van der Waals surface area contributed by atoms with E-state index >= 15 is 0 Å². The molecule has 0 saturated heterocycles. The van der Waals surface area contributed by atoms with Gasteiger partial charge in [0.1, 0.15) is 5.75 Å². The van der Waals surface area contributed by atoms with Crippen molar-refractivity contribution in [2.45, 2.75) is 19.0 Å². The Morgan fingerprint density at radius 2 is 2.19 bits per heavy atom. The van der Waals surface area contributed by atoms with E-state index in [1.54, 1.807) is 13.2 Å². The Morgan fingerprint density at radius 3 is 2.76 bits per heavy atom. The Labute approximate surface area is 124 Å². The molecule has 0 radical (unpaired) electrons. The minimum absolute atomic E-state index is 0.00361. The molecule has 7 nitrogen and oxygen atoms in total. The summed E-state index contributed by atoms with van der Waals surface area (Å²) in [6, 6.07) is 5.51. The third-order valence-corrected chi connectivity index (χ3v) is 3.09. The lowest BCUT2D eigenvalue weighted by molar-refractivity contribution is 0.148. The monoisotopic (exact) mass is 297 g/mol. The molecule has 21 heavy (non-hydrogen) atoms. The van der Waals surface area contributed by atoms with Gasteiger partial charge in [-0.3, -0.25) is 0 Å². The van der Waals surface area contributed by atoms with Crippen LogP contribution in [-0.4, -0.2) is 49.6 Å². The summed E-state index contributed by atoms with van der Waals surface area (Å²) >= 11 is 0. The van der Waals surface area contributed by atoms with Crippen LogP contribution in [0.15, 0.2) is 23.4 Å². The molecule has 1 unspecified atom stereocenters. The fraction of sp³-hybridized carbons (Fsp3) is 0.500. The van der Waals surface area contributed by atoms with Crippen LogP contribution in [-0.2, 0) is 11.3 Å². The quantitative estimate of drug-likeness (QED) is 0.225. The van der Waals surface area contributed by atoms with Gasteiger partial charge in [-0.2, -0.15) is 0 Å². The second-order valence-electron chi connectivity index (χ2n) is 4.57. The Morgan fingerprint density at radius 1 is 1.43 bits per heavy atom. The summed E-state index contributed by atoms with van der Waals surface area (Å²) in [6.45, 7) is 1.23.